The molecule has 0 atom stereocenters. The van der Waals surface area contributed by atoms with E-state index in [1.807, 2.05) is 0 Å². The standard InChI is InChI=1S/C11H7F5O3/c1-5(18)6-2-7(4-17)9(11(14,15)16)8(3-6)19-10(12)13/h2-4,10H,1H3. The Hall–Kier alpha value is -1.99. The molecule has 19 heavy (non-hydrogen) atoms. The molecule has 0 aliphatic carbocycles. The number of benzene rings is 1. The minimum absolute atomic E-state index is 0.173. The fraction of sp³-hybridized carbons (Fsp3) is 0.273. The van der Waals surface area contributed by atoms with Crippen LogP contribution < -0.4 is 4.74 Å². The number of aldehydes is 1. The lowest BCUT2D eigenvalue weighted by Crippen LogP contribution is -2.15. The second-order valence-electron chi connectivity index (χ2n) is 3.49. The number of hydrogen-bond donors (Lipinski definition) is 0. The molecule has 8 heteroatoms. The highest BCUT2D eigenvalue weighted by Gasteiger charge is 2.38. The predicted octanol–water partition coefficient (Wildman–Crippen LogP) is 3.32. The Kier molecular flexibility index (Phi) is 4.23. The van der Waals surface area contributed by atoms with Gasteiger partial charge in [0.2, 0.25) is 0 Å². The second-order valence-corrected chi connectivity index (χ2v) is 3.49. The van der Waals surface area contributed by atoms with Crippen molar-refractivity contribution in [2.45, 2.75) is 19.7 Å². The van der Waals surface area contributed by atoms with Crippen LogP contribution in [0.3, 0.4) is 0 Å². The van der Waals surface area contributed by atoms with Crippen LogP contribution in [0, 0.1) is 0 Å². The normalized spacial score (nSPS) is 11.5. The lowest BCUT2D eigenvalue weighted by atomic mass is 10.0. The van der Waals surface area contributed by atoms with Gasteiger partial charge in [-0.2, -0.15) is 22.0 Å². The van der Waals surface area contributed by atoms with Crippen molar-refractivity contribution in [2.24, 2.45) is 0 Å². The van der Waals surface area contributed by atoms with Gasteiger partial charge >= 0.3 is 12.8 Å². The van der Waals surface area contributed by atoms with Gasteiger partial charge in [0.15, 0.2) is 12.1 Å². The summed E-state index contributed by atoms with van der Waals surface area (Å²) in [6, 6.07) is 1.21. The van der Waals surface area contributed by atoms with E-state index in [1.165, 1.54) is 0 Å². The fourth-order valence-electron chi connectivity index (χ4n) is 1.43. The summed E-state index contributed by atoms with van der Waals surface area (Å²) in [6.07, 6.45) is -5.23. The molecule has 104 valence electrons. The van der Waals surface area contributed by atoms with Crippen LogP contribution in [0.2, 0.25) is 0 Å². The molecule has 0 bridgehead atoms. The zero-order chi connectivity index (χ0) is 14.8. The summed E-state index contributed by atoms with van der Waals surface area (Å²) < 4.78 is 66.1. The van der Waals surface area contributed by atoms with Crippen LogP contribution in [-0.4, -0.2) is 18.7 Å². The largest absolute Gasteiger partial charge is 0.434 e. The molecular formula is C11H7F5O3. The van der Waals surface area contributed by atoms with Gasteiger partial charge < -0.3 is 4.74 Å². The van der Waals surface area contributed by atoms with Crippen molar-refractivity contribution in [3.05, 3.63) is 28.8 Å². The van der Waals surface area contributed by atoms with Crippen LogP contribution in [-0.2, 0) is 6.18 Å². The Morgan fingerprint density at radius 1 is 1.32 bits per heavy atom. The van der Waals surface area contributed by atoms with E-state index >= 15 is 0 Å². The monoisotopic (exact) mass is 282 g/mol. The van der Waals surface area contributed by atoms with Crippen LogP contribution in [0.15, 0.2) is 12.1 Å². The maximum Gasteiger partial charge on any atom is 0.420 e. The minimum Gasteiger partial charge on any atom is -0.434 e. The van der Waals surface area contributed by atoms with Gasteiger partial charge in [0.25, 0.3) is 0 Å². The van der Waals surface area contributed by atoms with Crippen molar-refractivity contribution >= 4 is 12.1 Å². The molecule has 1 rings (SSSR count). The lowest BCUT2D eigenvalue weighted by Gasteiger charge is -2.16. The molecule has 0 unspecified atom stereocenters. The summed E-state index contributed by atoms with van der Waals surface area (Å²) in [5, 5.41) is 0. The van der Waals surface area contributed by atoms with E-state index in [4.69, 9.17) is 0 Å². The van der Waals surface area contributed by atoms with E-state index in [-0.39, 0.29) is 11.8 Å². The quantitative estimate of drug-likeness (QED) is 0.483. The van der Waals surface area contributed by atoms with E-state index in [0.717, 1.165) is 6.92 Å². The molecule has 0 aromatic heterocycles. The van der Waals surface area contributed by atoms with Crippen molar-refractivity contribution in [1.82, 2.24) is 0 Å². The molecule has 0 spiro atoms. The average molecular weight is 282 g/mol. The van der Waals surface area contributed by atoms with Crippen LogP contribution in [0.25, 0.3) is 0 Å². The Morgan fingerprint density at radius 3 is 2.26 bits per heavy atom. The summed E-state index contributed by atoms with van der Waals surface area (Å²) in [5.74, 6) is -1.94. The first-order valence-corrected chi connectivity index (χ1v) is 4.83. The summed E-state index contributed by atoms with van der Waals surface area (Å²) in [7, 11) is 0. The Morgan fingerprint density at radius 2 is 1.89 bits per heavy atom. The zero-order valence-corrected chi connectivity index (χ0v) is 9.42. The number of carbonyl (C=O) groups excluding carboxylic acids is 2. The number of ether oxygens (including phenoxy) is 1. The maximum atomic E-state index is 12.7. The first-order valence-electron chi connectivity index (χ1n) is 4.83. The molecule has 0 amide bonds. The highest BCUT2D eigenvalue weighted by molar-refractivity contribution is 5.96. The van der Waals surface area contributed by atoms with Gasteiger partial charge in [-0.25, -0.2) is 0 Å². The average Bonchev–Trinajstić information content (AvgIpc) is 2.25. The van der Waals surface area contributed by atoms with Crippen molar-refractivity contribution in [1.29, 1.82) is 0 Å². The third kappa shape index (κ3) is 3.49. The summed E-state index contributed by atoms with van der Waals surface area (Å²) in [5.41, 5.74) is -2.89. The number of halogens is 5. The van der Waals surface area contributed by atoms with Crippen molar-refractivity contribution in [3.63, 3.8) is 0 Å². The minimum atomic E-state index is -5.06. The molecule has 0 heterocycles. The number of hydrogen-bond acceptors (Lipinski definition) is 3. The third-order valence-corrected chi connectivity index (χ3v) is 2.17. The topological polar surface area (TPSA) is 43.4 Å². The maximum absolute atomic E-state index is 12.7. The van der Waals surface area contributed by atoms with Gasteiger partial charge in [-0.15, -0.1) is 0 Å². The number of alkyl halides is 5. The van der Waals surface area contributed by atoms with Crippen molar-refractivity contribution in [3.8, 4) is 5.75 Å². The molecule has 0 radical (unpaired) electrons. The smallest absolute Gasteiger partial charge is 0.420 e. The molecule has 0 saturated carbocycles. The van der Waals surface area contributed by atoms with E-state index < -0.39 is 35.4 Å². The summed E-state index contributed by atoms with van der Waals surface area (Å²) in [6.45, 7) is -2.49. The zero-order valence-electron chi connectivity index (χ0n) is 9.42. The van der Waals surface area contributed by atoms with Gasteiger partial charge in [0, 0.05) is 11.1 Å². The predicted molar refractivity (Wildman–Crippen MR) is 53.5 cm³/mol. The first kappa shape index (κ1) is 15.1. The molecule has 0 aliphatic heterocycles. The van der Waals surface area contributed by atoms with Gasteiger partial charge in [-0.3, -0.25) is 9.59 Å². The number of Topliss-reactive ketones (excluding diaryl/α,β-unsaturated/α-hetero) is 1. The Bertz CT molecular complexity index is 508. The summed E-state index contributed by atoms with van der Waals surface area (Å²) >= 11 is 0. The third-order valence-electron chi connectivity index (χ3n) is 2.17. The molecule has 0 N–H and O–H groups in total. The summed E-state index contributed by atoms with van der Waals surface area (Å²) in [4.78, 5) is 21.7. The van der Waals surface area contributed by atoms with Gasteiger partial charge in [-0.1, -0.05) is 0 Å². The number of ketones is 1. The van der Waals surface area contributed by atoms with E-state index in [9.17, 15) is 31.5 Å². The van der Waals surface area contributed by atoms with Crippen LogP contribution in [0.5, 0.6) is 5.75 Å². The number of rotatable bonds is 4. The van der Waals surface area contributed by atoms with Crippen LogP contribution in [0.4, 0.5) is 22.0 Å². The van der Waals surface area contributed by atoms with Crippen LogP contribution in [0.1, 0.15) is 33.2 Å². The van der Waals surface area contributed by atoms with Gasteiger partial charge in [0.05, 0.1) is 0 Å². The van der Waals surface area contributed by atoms with Crippen molar-refractivity contribution in [2.75, 3.05) is 0 Å². The fourth-order valence-corrected chi connectivity index (χ4v) is 1.43. The van der Waals surface area contributed by atoms with Gasteiger partial charge in [-0.05, 0) is 19.1 Å². The molecule has 1 aromatic rings. The highest BCUT2D eigenvalue weighted by Crippen LogP contribution is 2.39. The Balaban J connectivity index is 3.57. The van der Waals surface area contributed by atoms with E-state index in [2.05, 4.69) is 4.74 Å². The Labute approximate surface area is 104 Å². The molecule has 0 saturated heterocycles. The van der Waals surface area contributed by atoms with Gasteiger partial charge in [0.1, 0.15) is 11.3 Å². The molecule has 0 fully saturated rings. The van der Waals surface area contributed by atoms with E-state index in [0.29, 0.717) is 12.1 Å². The first-order chi connectivity index (χ1) is 8.66. The molecular weight excluding hydrogens is 275 g/mol. The van der Waals surface area contributed by atoms with E-state index in [1.54, 1.807) is 0 Å². The molecule has 3 nitrogen and oxygen atoms in total. The van der Waals surface area contributed by atoms with Crippen molar-refractivity contribution < 1.29 is 36.3 Å². The van der Waals surface area contributed by atoms with Crippen LogP contribution >= 0.6 is 0 Å². The molecule has 0 aliphatic rings. The second kappa shape index (κ2) is 5.33. The highest BCUT2D eigenvalue weighted by atomic mass is 19.4. The molecule has 1 aromatic carbocycles. The SMILES string of the molecule is CC(=O)c1cc(C=O)c(C(F)(F)F)c(OC(F)F)c1. The number of carbonyl (C=O) groups is 2. The lowest BCUT2D eigenvalue weighted by molar-refractivity contribution is -0.142.